The maximum Gasteiger partial charge on any atom is 0.326 e. The number of ether oxygens (including phenoxy) is 1. The lowest BCUT2D eigenvalue weighted by atomic mass is 9.96. The SMILES string of the molecule is COC(=O)C[C@H](NC(=O)CC1CCCCCC1)C(=O)O. The predicted molar refractivity (Wildman–Crippen MR) is 72.0 cm³/mol. The number of hydrogen-bond acceptors (Lipinski definition) is 4. The van der Waals surface area contributed by atoms with Gasteiger partial charge in [-0.2, -0.15) is 0 Å². The summed E-state index contributed by atoms with van der Waals surface area (Å²) in [6.45, 7) is 0. The Morgan fingerprint density at radius 3 is 2.30 bits per heavy atom. The first-order valence-electron chi connectivity index (χ1n) is 7.12. The lowest BCUT2D eigenvalue weighted by Crippen LogP contribution is -2.42. The van der Waals surface area contributed by atoms with E-state index in [9.17, 15) is 14.4 Å². The van der Waals surface area contributed by atoms with Crippen LogP contribution in [0.4, 0.5) is 0 Å². The van der Waals surface area contributed by atoms with E-state index in [4.69, 9.17) is 5.11 Å². The summed E-state index contributed by atoms with van der Waals surface area (Å²) in [6, 6.07) is -1.21. The summed E-state index contributed by atoms with van der Waals surface area (Å²) >= 11 is 0. The number of carboxylic acids is 1. The fourth-order valence-electron chi connectivity index (χ4n) is 2.53. The molecule has 0 aliphatic heterocycles. The summed E-state index contributed by atoms with van der Waals surface area (Å²) in [6.07, 6.45) is 6.69. The quantitative estimate of drug-likeness (QED) is 0.569. The number of carbonyl (C=O) groups is 3. The van der Waals surface area contributed by atoms with E-state index in [1.54, 1.807) is 0 Å². The number of rotatable bonds is 6. The van der Waals surface area contributed by atoms with Crippen molar-refractivity contribution in [3.8, 4) is 0 Å². The molecule has 1 atom stereocenters. The molecule has 1 aliphatic carbocycles. The van der Waals surface area contributed by atoms with Gasteiger partial charge in [-0.25, -0.2) is 4.79 Å². The van der Waals surface area contributed by atoms with E-state index in [0.717, 1.165) is 25.7 Å². The number of methoxy groups -OCH3 is 1. The van der Waals surface area contributed by atoms with E-state index in [1.807, 2.05) is 0 Å². The van der Waals surface area contributed by atoms with E-state index >= 15 is 0 Å². The summed E-state index contributed by atoms with van der Waals surface area (Å²) in [4.78, 5) is 34.0. The molecule has 1 rings (SSSR count). The summed E-state index contributed by atoms with van der Waals surface area (Å²) in [5, 5.41) is 11.4. The monoisotopic (exact) mass is 285 g/mol. The van der Waals surface area contributed by atoms with Gasteiger partial charge in [0.05, 0.1) is 13.5 Å². The maximum absolute atomic E-state index is 11.9. The molecule has 2 N–H and O–H groups in total. The van der Waals surface area contributed by atoms with Crippen molar-refractivity contribution in [2.45, 2.75) is 57.4 Å². The fourth-order valence-corrected chi connectivity index (χ4v) is 2.53. The van der Waals surface area contributed by atoms with Crippen molar-refractivity contribution in [1.29, 1.82) is 0 Å². The molecular weight excluding hydrogens is 262 g/mol. The van der Waals surface area contributed by atoms with Gasteiger partial charge >= 0.3 is 11.9 Å². The first kappa shape index (κ1) is 16.5. The second kappa shape index (κ2) is 8.55. The van der Waals surface area contributed by atoms with Crippen molar-refractivity contribution in [2.75, 3.05) is 7.11 Å². The molecule has 6 nitrogen and oxygen atoms in total. The molecule has 0 heterocycles. The molecule has 0 aromatic heterocycles. The molecule has 0 spiro atoms. The van der Waals surface area contributed by atoms with Crippen LogP contribution in [-0.2, 0) is 19.1 Å². The molecule has 1 amide bonds. The van der Waals surface area contributed by atoms with Gasteiger partial charge in [-0.05, 0) is 18.8 Å². The van der Waals surface area contributed by atoms with Crippen LogP contribution in [0.25, 0.3) is 0 Å². The number of amides is 1. The Morgan fingerprint density at radius 2 is 1.80 bits per heavy atom. The van der Waals surface area contributed by atoms with E-state index in [-0.39, 0.29) is 12.3 Å². The molecule has 6 heteroatoms. The molecule has 0 radical (unpaired) electrons. The minimum atomic E-state index is -1.22. The highest BCUT2D eigenvalue weighted by Gasteiger charge is 2.25. The molecule has 0 saturated heterocycles. The van der Waals surface area contributed by atoms with Gasteiger partial charge in [-0.1, -0.05) is 25.7 Å². The van der Waals surface area contributed by atoms with Crippen LogP contribution in [0.3, 0.4) is 0 Å². The Morgan fingerprint density at radius 1 is 1.20 bits per heavy atom. The van der Waals surface area contributed by atoms with E-state index in [2.05, 4.69) is 10.1 Å². The lowest BCUT2D eigenvalue weighted by Gasteiger charge is -2.17. The zero-order valence-electron chi connectivity index (χ0n) is 11.9. The molecule has 1 aliphatic rings. The first-order chi connectivity index (χ1) is 9.52. The molecular formula is C14H23NO5. The summed E-state index contributed by atoms with van der Waals surface area (Å²) < 4.78 is 4.43. The van der Waals surface area contributed by atoms with Gasteiger partial charge < -0.3 is 15.2 Å². The Labute approximate surface area is 118 Å². The molecule has 114 valence electrons. The number of aliphatic carboxylic acids is 1. The molecule has 1 fully saturated rings. The lowest BCUT2D eigenvalue weighted by molar-refractivity contribution is -0.148. The molecule has 0 bridgehead atoms. The molecule has 0 aromatic rings. The number of hydrogen-bond donors (Lipinski definition) is 2. The number of nitrogens with one attached hydrogen (secondary N) is 1. The van der Waals surface area contributed by atoms with Crippen LogP contribution in [0, 0.1) is 5.92 Å². The van der Waals surface area contributed by atoms with Gasteiger partial charge in [-0.15, -0.1) is 0 Å². The third-order valence-corrected chi connectivity index (χ3v) is 3.68. The Hall–Kier alpha value is -1.59. The largest absolute Gasteiger partial charge is 0.480 e. The zero-order chi connectivity index (χ0) is 15.0. The number of carboxylic acid groups (broad SMARTS) is 1. The van der Waals surface area contributed by atoms with Crippen LogP contribution >= 0.6 is 0 Å². The highest BCUT2D eigenvalue weighted by atomic mass is 16.5. The average molecular weight is 285 g/mol. The third-order valence-electron chi connectivity index (χ3n) is 3.68. The zero-order valence-corrected chi connectivity index (χ0v) is 11.9. The first-order valence-corrected chi connectivity index (χ1v) is 7.12. The van der Waals surface area contributed by atoms with Crippen LogP contribution in [-0.4, -0.2) is 36.1 Å². The van der Waals surface area contributed by atoms with Crippen molar-refractivity contribution in [2.24, 2.45) is 5.92 Å². The van der Waals surface area contributed by atoms with Crippen LogP contribution in [0.15, 0.2) is 0 Å². The van der Waals surface area contributed by atoms with Crippen molar-refractivity contribution in [3.05, 3.63) is 0 Å². The average Bonchev–Trinajstić information content (AvgIpc) is 2.66. The van der Waals surface area contributed by atoms with Gasteiger partial charge in [0.1, 0.15) is 6.04 Å². The minimum absolute atomic E-state index is 0.298. The Balaban J connectivity index is 2.44. The van der Waals surface area contributed by atoms with E-state index in [1.165, 1.54) is 20.0 Å². The number of carbonyl (C=O) groups excluding carboxylic acids is 2. The summed E-state index contributed by atoms with van der Waals surface area (Å²) in [5.41, 5.74) is 0. The van der Waals surface area contributed by atoms with Crippen molar-refractivity contribution in [3.63, 3.8) is 0 Å². The summed E-state index contributed by atoms with van der Waals surface area (Å²) in [5.74, 6) is -1.84. The van der Waals surface area contributed by atoms with Gasteiger partial charge in [0.25, 0.3) is 0 Å². The van der Waals surface area contributed by atoms with Crippen LogP contribution < -0.4 is 5.32 Å². The summed E-state index contributed by atoms with van der Waals surface area (Å²) in [7, 11) is 1.19. The normalized spacial score (nSPS) is 17.9. The van der Waals surface area contributed by atoms with Crippen molar-refractivity contribution in [1.82, 2.24) is 5.32 Å². The highest BCUT2D eigenvalue weighted by Crippen LogP contribution is 2.25. The van der Waals surface area contributed by atoms with Crippen LogP contribution in [0.2, 0.25) is 0 Å². The Kier molecular flexibility index (Phi) is 7.04. The van der Waals surface area contributed by atoms with Crippen LogP contribution in [0.5, 0.6) is 0 Å². The molecule has 0 unspecified atom stereocenters. The second-order valence-corrected chi connectivity index (χ2v) is 5.30. The van der Waals surface area contributed by atoms with Crippen molar-refractivity contribution >= 4 is 17.8 Å². The highest BCUT2D eigenvalue weighted by molar-refractivity contribution is 5.87. The van der Waals surface area contributed by atoms with Gasteiger partial charge in [0.15, 0.2) is 0 Å². The Bertz CT molecular complexity index is 347. The predicted octanol–water partition coefficient (Wildman–Crippen LogP) is 1.48. The number of esters is 1. The topological polar surface area (TPSA) is 92.7 Å². The smallest absolute Gasteiger partial charge is 0.326 e. The standard InChI is InChI=1S/C14H23NO5/c1-20-13(17)9-11(14(18)19)15-12(16)8-10-6-4-2-3-5-7-10/h10-11H,2-9H2,1H3,(H,15,16)(H,18,19)/t11-/m0/s1. The minimum Gasteiger partial charge on any atom is -0.480 e. The molecule has 20 heavy (non-hydrogen) atoms. The van der Waals surface area contributed by atoms with Crippen molar-refractivity contribution < 1.29 is 24.2 Å². The van der Waals surface area contributed by atoms with Gasteiger partial charge in [0, 0.05) is 6.42 Å². The second-order valence-electron chi connectivity index (χ2n) is 5.30. The van der Waals surface area contributed by atoms with E-state index in [0.29, 0.717) is 12.3 Å². The fraction of sp³-hybridized carbons (Fsp3) is 0.786. The maximum atomic E-state index is 11.9. The van der Waals surface area contributed by atoms with E-state index < -0.39 is 18.0 Å². The van der Waals surface area contributed by atoms with Gasteiger partial charge in [-0.3, -0.25) is 9.59 Å². The third kappa shape index (κ3) is 6.04. The van der Waals surface area contributed by atoms with Gasteiger partial charge in [0.2, 0.25) is 5.91 Å². The van der Waals surface area contributed by atoms with Crippen LogP contribution in [0.1, 0.15) is 51.4 Å². The molecule has 1 saturated carbocycles. The molecule has 0 aromatic carbocycles.